The molecule has 1 rings (SSSR count). The van der Waals surface area contributed by atoms with Gasteiger partial charge in [-0.15, -0.1) is 0 Å². The molecule has 0 atom stereocenters. The summed E-state index contributed by atoms with van der Waals surface area (Å²) >= 11 is 3.37. The van der Waals surface area contributed by atoms with E-state index in [2.05, 4.69) is 33.5 Å². The third-order valence-corrected chi connectivity index (χ3v) is 2.64. The highest BCUT2D eigenvalue weighted by atomic mass is 79.9. The van der Waals surface area contributed by atoms with Crippen molar-refractivity contribution in [1.82, 2.24) is 10.6 Å². The lowest BCUT2D eigenvalue weighted by Gasteiger charge is -2.06. The molecule has 0 unspecified atom stereocenters. The molecule has 0 aliphatic heterocycles. The molecule has 0 radical (unpaired) electrons. The largest absolute Gasteiger partial charge is 0.351 e. The van der Waals surface area contributed by atoms with Crippen LogP contribution in [0.25, 0.3) is 0 Å². The minimum absolute atomic E-state index is 0.0383. The van der Waals surface area contributed by atoms with Crippen molar-refractivity contribution in [3.8, 4) is 0 Å². The highest BCUT2D eigenvalue weighted by molar-refractivity contribution is 9.10. The van der Waals surface area contributed by atoms with Gasteiger partial charge in [0.15, 0.2) is 0 Å². The lowest BCUT2D eigenvalue weighted by atomic mass is 10.2. The number of nitrogens with one attached hydrogen (secondary N) is 2. The van der Waals surface area contributed by atoms with Crippen LogP contribution in [0.1, 0.15) is 18.9 Å². The van der Waals surface area contributed by atoms with Crippen molar-refractivity contribution in [3.63, 3.8) is 0 Å². The molecule has 1 aromatic rings. The summed E-state index contributed by atoms with van der Waals surface area (Å²) in [5, 5.41) is 5.92. The fourth-order valence-electron chi connectivity index (χ4n) is 1.24. The van der Waals surface area contributed by atoms with E-state index in [1.54, 1.807) is 0 Å². The standard InChI is InChI=1S/C12H17BrN2O/c1-2-7-14-9-12(16)15-8-10-3-5-11(13)6-4-10/h3-6,14H,2,7-9H2,1H3,(H,15,16). The quantitative estimate of drug-likeness (QED) is 0.786. The number of hydrogen-bond donors (Lipinski definition) is 2. The van der Waals surface area contributed by atoms with Crippen molar-refractivity contribution in [3.05, 3.63) is 34.3 Å². The Bertz CT molecular complexity index is 324. The van der Waals surface area contributed by atoms with Gasteiger partial charge in [-0.2, -0.15) is 0 Å². The van der Waals surface area contributed by atoms with Crippen LogP contribution in [0.15, 0.2) is 28.7 Å². The Labute approximate surface area is 105 Å². The summed E-state index contributed by atoms with van der Waals surface area (Å²) in [6.07, 6.45) is 1.04. The number of benzene rings is 1. The summed E-state index contributed by atoms with van der Waals surface area (Å²) in [6.45, 7) is 3.93. The number of carbonyl (C=O) groups excluding carboxylic acids is 1. The molecule has 0 aliphatic carbocycles. The molecule has 0 bridgehead atoms. The maximum absolute atomic E-state index is 11.4. The molecule has 0 fully saturated rings. The molecule has 0 aliphatic rings. The number of carbonyl (C=O) groups is 1. The number of halogens is 1. The molecule has 0 spiro atoms. The zero-order valence-corrected chi connectivity index (χ0v) is 11.0. The van der Waals surface area contributed by atoms with E-state index >= 15 is 0 Å². The van der Waals surface area contributed by atoms with Gasteiger partial charge < -0.3 is 10.6 Å². The van der Waals surface area contributed by atoms with Crippen molar-refractivity contribution in [2.24, 2.45) is 0 Å². The molecule has 4 heteroatoms. The summed E-state index contributed by atoms with van der Waals surface area (Å²) < 4.78 is 1.05. The minimum atomic E-state index is 0.0383. The van der Waals surface area contributed by atoms with Crippen LogP contribution in [0.2, 0.25) is 0 Å². The Kier molecular flexibility index (Phi) is 6.11. The summed E-state index contributed by atoms with van der Waals surface area (Å²) in [4.78, 5) is 11.4. The van der Waals surface area contributed by atoms with Crippen LogP contribution in [-0.2, 0) is 11.3 Å². The maximum atomic E-state index is 11.4. The van der Waals surface area contributed by atoms with E-state index in [0.717, 1.165) is 23.0 Å². The zero-order valence-electron chi connectivity index (χ0n) is 9.42. The molecule has 0 heterocycles. The Morgan fingerprint density at radius 3 is 2.62 bits per heavy atom. The van der Waals surface area contributed by atoms with Gasteiger partial charge in [0.2, 0.25) is 5.91 Å². The van der Waals surface area contributed by atoms with E-state index in [1.807, 2.05) is 24.3 Å². The van der Waals surface area contributed by atoms with Gasteiger partial charge in [0.1, 0.15) is 0 Å². The van der Waals surface area contributed by atoms with Crippen molar-refractivity contribution in [2.45, 2.75) is 19.9 Å². The van der Waals surface area contributed by atoms with E-state index in [0.29, 0.717) is 13.1 Å². The van der Waals surface area contributed by atoms with Crippen LogP contribution in [0, 0.1) is 0 Å². The smallest absolute Gasteiger partial charge is 0.234 e. The molecule has 1 aromatic carbocycles. The van der Waals surface area contributed by atoms with Crippen LogP contribution < -0.4 is 10.6 Å². The van der Waals surface area contributed by atoms with Gasteiger partial charge in [-0.25, -0.2) is 0 Å². The zero-order chi connectivity index (χ0) is 11.8. The third-order valence-electron chi connectivity index (χ3n) is 2.12. The molecule has 0 saturated heterocycles. The van der Waals surface area contributed by atoms with Crippen LogP contribution >= 0.6 is 15.9 Å². The highest BCUT2D eigenvalue weighted by Crippen LogP contribution is 2.09. The average Bonchev–Trinajstić information content (AvgIpc) is 2.29. The van der Waals surface area contributed by atoms with Crippen LogP contribution in [0.4, 0.5) is 0 Å². The summed E-state index contributed by atoms with van der Waals surface area (Å²) in [6, 6.07) is 7.92. The van der Waals surface area contributed by atoms with Gasteiger partial charge >= 0.3 is 0 Å². The normalized spacial score (nSPS) is 10.1. The predicted octanol–water partition coefficient (Wildman–Crippen LogP) is 2.06. The van der Waals surface area contributed by atoms with Gasteiger partial charge in [0, 0.05) is 11.0 Å². The van der Waals surface area contributed by atoms with Crippen molar-refractivity contribution < 1.29 is 4.79 Å². The molecule has 1 amide bonds. The molecule has 2 N–H and O–H groups in total. The minimum Gasteiger partial charge on any atom is -0.351 e. The average molecular weight is 285 g/mol. The topological polar surface area (TPSA) is 41.1 Å². The van der Waals surface area contributed by atoms with Crippen LogP contribution in [-0.4, -0.2) is 19.0 Å². The second-order valence-electron chi connectivity index (χ2n) is 3.58. The van der Waals surface area contributed by atoms with E-state index in [9.17, 15) is 4.79 Å². The molecule has 88 valence electrons. The highest BCUT2D eigenvalue weighted by Gasteiger charge is 1.99. The SMILES string of the molecule is CCCNCC(=O)NCc1ccc(Br)cc1. The second-order valence-corrected chi connectivity index (χ2v) is 4.50. The lowest BCUT2D eigenvalue weighted by Crippen LogP contribution is -2.33. The van der Waals surface area contributed by atoms with Gasteiger partial charge in [-0.1, -0.05) is 35.0 Å². The van der Waals surface area contributed by atoms with E-state index in [1.165, 1.54) is 0 Å². The van der Waals surface area contributed by atoms with Gasteiger partial charge in [0.05, 0.1) is 6.54 Å². The fourth-order valence-corrected chi connectivity index (χ4v) is 1.51. The maximum Gasteiger partial charge on any atom is 0.234 e. The van der Waals surface area contributed by atoms with Gasteiger partial charge in [-0.3, -0.25) is 4.79 Å². The number of hydrogen-bond acceptors (Lipinski definition) is 2. The second kappa shape index (κ2) is 7.41. The first kappa shape index (κ1) is 13.2. The van der Waals surface area contributed by atoms with Crippen LogP contribution in [0.3, 0.4) is 0 Å². The molecule has 16 heavy (non-hydrogen) atoms. The number of amides is 1. The number of rotatable bonds is 6. The van der Waals surface area contributed by atoms with E-state index in [-0.39, 0.29) is 5.91 Å². The Balaban J connectivity index is 2.23. The first-order chi connectivity index (χ1) is 7.72. The van der Waals surface area contributed by atoms with E-state index in [4.69, 9.17) is 0 Å². The lowest BCUT2D eigenvalue weighted by molar-refractivity contribution is -0.120. The first-order valence-electron chi connectivity index (χ1n) is 5.44. The molecule has 3 nitrogen and oxygen atoms in total. The van der Waals surface area contributed by atoms with Gasteiger partial charge in [-0.05, 0) is 30.7 Å². The molecule has 0 aromatic heterocycles. The summed E-state index contributed by atoms with van der Waals surface area (Å²) in [7, 11) is 0. The third kappa shape index (κ3) is 5.28. The molecular weight excluding hydrogens is 268 g/mol. The first-order valence-corrected chi connectivity index (χ1v) is 6.23. The fraction of sp³-hybridized carbons (Fsp3) is 0.417. The predicted molar refractivity (Wildman–Crippen MR) is 69.1 cm³/mol. The monoisotopic (exact) mass is 284 g/mol. The molecule has 0 saturated carbocycles. The molecular formula is C12H17BrN2O. The van der Waals surface area contributed by atoms with Crippen molar-refractivity contribution in [1.29, 1.82) is 0 Å². The Morgan fingerprint density at radius 2 is 2.00 bits per heavy atom. The Morgan fingerprint density at radius 1 is 1.31 bits per heavy atom. The summed E-state index contributed by atoms with van der Waals surface area (Å²) in [5.41, 5.74) is 1.10. The van der Waals surface area contributed by atoms with E-state index < -0.39 is 0 Å². The Hall–Kier alpha value is -0.870. The van der Waals surface area contributed by atoms with Crippen molar-refractivity contribution in [2.75, 3.05) is 13.1 Å². The summed E-state index contributed by atoms with van der Waals surface area (Å²) in [5.74, 6) is 0.0383. The van der Waals surface area contributed by atoms with Crippen LogP contribution in [0.5, 0.6) is 0 Å². The van der Waals surface area contributed by atoms with Crippen molar-refractivity contribution >= 4 is 21.8 Å². The van der Waals surface area contributed by atoms with Gasteiger partial charge in [0.25, 0.3) is 0 Å².